The van der Waals surface area contributed by atoms with Gasteiger partial charge in [0.15, 0.2) is 11.5 Å². The van der Waals surface area contributed by atoms with Crippen LogP contribution in [0, 0.1) is 0 Å². The van der Waals surface area contributed by atoms with Crippen molar-refractivity contribution in [3.8, 4) is 11.5 Å². The highest BCUT2D eigenvalue weighted by atomic mass is 35.5. The van der Waals surface area contributed by atoms with Gasteiger partial charge in [-0.15, -0.1) is 6.58 Å². The molecule has 1 aliphatic heterocycles. The fourth-order valence-corrected chi connectivity index (χ4v) is 1.90. The van der Waals surface area contributed by atoms with E-state index in [-0.39, 0.29) is 5.91 Å². The Labute approximate surface area is 116 Å². The van der Waals surface area contributed by atoms with E-state index in [9.17, 15) is 4.79 Å². The molecule has 1 heterocycles. The SMILES string of the molecule is C=CCNC(=O)/C=C/c1cc(Cl)c2c(c1)OCCO2. The average Bonchev–Trinajstić information content (AvgIpc) is 2.43. The van der Waals surface area contributed by atoms with Crippen LogP contribution in [0.4, 0.5) is 0 Å². The number of rotatable bonds is 4. The first kappa shape index (κ1) is 13.5. The maximum atomic E-state index is 11.4. The number of benzene rings is 1. The fraction of sp³-hybridized carbons (Fsp3) is 0.214. The lowest BCUT2D eigenvalue weighted by molar-refractivity contribution is -0.116. The van der Waals surface area contributed by atoms with E-state index in [1.807, 2.05) is 0 Å². The van der Waals surface area contributed by atoms with Crippen LogP contribution >= 0.6 is 11.6 Å². The Balaban J connectivity index is 2.13. The normalized spacial score (nSPS) is 13.3. The molecule has 0 aliphatic carbocycles. The van der Waals surface area contributed by atoms with Gasteiger partial charge in [-0.25, -0.2) is 0 Å². The van der Waals surface area contributed by atoms with Gasteiger partial charge in [0.1, 0.15) is 13.2 Å². The zero-order valence-electron chi connectivity index (χ0n) is 10.3. The molecule has 0 spiro atoms. The Bertz CT molecular complexity index is 526. The van der Waals surface area contributed by atoms with Crippen molar-refractivity contribution in [2.75, 3.05) is 19.8 Å². The van der Waals surface area contributed by atoms with Gasteiger partial charge in [0.2, 0.25) is 5.91 Å². The standard InChI is InChI=1S/C14H14ClNO3/c1-2-5-16-13(17)4-3-10-8-11(15)14-12(9-10)18-6-7-19-14/h2-4,8-9H,1,5-7H2,(H,16,17)/b4-3+. The first-order chi connectivity index (χ1) is 9.20. The van der Waals surface area contributed by atoms with Crippen molar-refractivity contribution in [1.29, 1.82) is 0 Å². The summed E-state index contributed by atoms with van der Waals surface area (Å²) in [5.41, 5.74) is 0.781. The third-order valence-corrected chi connectivity index (χ3v) is 2.75. The van der Waals surface area contributed by atoms with Gasteiger partial charge in [0.05, 0.1) is 5.02 Å². The van der Waals surface area contributed by atoms with Crippen LogP contribution in [-0.4, -0.2) is 25.7 Å². The number of carbonyl (C=O) groups excluding carboxylic acids is 1. The predicted molar refractivity (Wildman–Crippen MR) is 74.7 cm³/mol. The van der Waals surface area contributed by atoms with Gasteiger partial charge in [-0.3, -0.25) is 4.79 Å². The Hall–Kier alpha value is -1.94. The molecule has 0 radical (unpaired) electrons. The van der Waals surface area contributed by atoms with Gasteiger partial charge in [-0.2, -0.15) is 0 Å². The third-order valence-electron chi connectivity index (χ3n) is 2.47. The van der Waals surface area contributed by atoms with E-state index in [2.05, 4.69) is 11.9 Å². The van der Waals surface area contributed by atoms with Crippen LogP contribution in [0.1, 0.15) is 5.56 Å². The molecule has 0 saturated carbocycles. The minimum Gasteiger partial charge on any atom is -0.486 e. The number of ether oxygens (including phenoxy) is 2. The van der Waals surface area contributed by atoms with Crippen LogP contribution in [0.15, 0.2) is 30.9 Å². The minimum absolute atomic E-state index is 0.189. The molecule has 0 bridgehead atoms. The summed E-state index contributed by atoms with van der Waals surface area (Å²) in [5.74, 6) is 0.969. The molecule has 1 aromatic rings. The fourth-order valence-electron chi connectivity index (χ4n) is 1.63. The number of carbonyl (C=O) groups is 1. The minimum atomic E-state index is -0.189. The summed E-state index contributed by atoms with van der Waals surface area (Å²) in [6.07, 6.45) is 4.72. The number of hydrogen-bond donors (Lipinski definition) is 1. The van der Waals surface area contributed by atoms with E-state index >= 15 is 0 Å². The molecule has 1 aromatic carbocycles. The van der Waals surface area contributed by atoms with E-state index in [1.54, 1.807) is 24.3 Å². The van der Waals surface area contributed by atoms with Crippen molar-refractivity contribution in [2.45, 2.75) is 0 Å². The summed E-state index contributed by atoms with van der Waals surface area (Å²) >= 11 is 6.09. The molecule has 0 unspecified atom stereocenters. The molecule has 1 amide bonds. The molecule has 0 saturated heterocycles. The smallest absolute Gasteiger partial charge is 0.244 e. The number of fused-ring (bicyclic) bond motifs is 1. The predicted octanol–water partition coefficient (Wildman–Crippen LogP) is 2.43. The Kier molecular flexibility index (Phi) is 4.47. The van der Waals surface area contributed by atoms with Gasteiger partial charge in [-0.05, 0) is 23.8 Å². The third kappa shape index (κ3) is 3.51. The molecule has 0 fully saturated rings. The van der Waals surface area contributed by atoms with Crippen LogP contribution in [0.5, 0.6) is 11.5 Å². The first-order valence-corrected chi connectivity index (χ1v) is 6.24. The summed E-state index contributed by atoms with van der Waals surface area (Å²) in [4.78, 5) is 11.4. The quantitative estimate of drug-likeness (QED) is 0.680. The van der Waals surface area contributed by atoms with Gasteiger partial charge >= 0.3 is 0 Å². The van der Waals surface area contributed by atoms with Gasteiger partial charge in [0.25, 0.3) is 0 Å². The highest BCUT2D eigenvalue weighted by Crippen LogP contribution is 2.38. The van der Waals surface area contributed by atoms with Crippen LogP contribution in [-0.2, 0) is 4.79 Å². The molecule has 4 nitrogen and oxygen atoms in total. The van der Waals surface area contributed by atoms with E-state index in [0.29, 0.717) is 36.3 Å². The summed E-state index contributed by atoms with van der Waals surface area (Å²) in [6, 6.07) is 3.52. The molecule has 19 heavy (non-hydrogen) atoms. The summed E-state index contributed by atoms with van der Waals surface area (Å²) in [7, 11) is 0. The number of halogens is 1. The molecule has 0 atom stereocenters. The largest absolute Gasteiger partial charge is 0.486 e. The van der Waals surface area contributed by atoms with Crippen molar-refractivity contribution in [3.05, 3.63) is 41.4 Å². The monoisotopic (exact) mass is 279 g/mol. The van der Waals surface area contributed by atoms with Crippen LogP contribution in [0.25, 0.3) is 6.08 Å². The second-order valence-corrected chi connectivity index (χ2v) is 4.30. The molecule has 1 N–H and O–H groups in total. The molecule has 5 heteroatoms. The van der Waals surface area contributed by atoms with Crippen LogP contribution in [0.3, 0.4) is 0 Å². The number of amides is 1. The van der Waals surface area contributed by atoms with E-state index in [0.717, 1.165) is 5.56 Å². The molecular formula is C14H14ClNO3. The summed E-state index contributed by atoms with van der Waals surface area (Å²) in [5, 5.41) is 3.12. The van der Waals surface area contributed by atoms with Gasteiger partial charge < -0.3 is 14.8 Å². The Morgan fingerprint density at radius 2 is 2.21 bits per heavy atom. The molecule has 1 aliphatic rings. The summed E-state index contributed by atoms with van der Waals surface area (Å²) < 4.78 is 10.9. The van der Waals surface area contributed by atoms with Crippen molar-refractivity contribution < 1.29 is 14.3 Å². The maximum Gasteiger partial charge on any atom is 0.244 e. The molecule has 0 aromatic heterocycles. The summed E-state index contributed by atoms with van der Waals surface area (Å²) in [6.45, 7) is 4.95. The lowest BCUT2D eigenvalue weighted by Crippen LogP contribution is -2.20. The van der Waals surface area contributed by atoms with Gasteiger partial charge in [0, 0.05) is 12.6 Å². The highest BCUT2D eigenvalue weighted by molar-refractivity contribution is 6.32. The Morgan fingerprint density at radius 1 is 1.42 bits per heavy atom. The van der Waals surface area contributed by atoms with Crippen molar-refractivity contribution in [1.82, 2.24) is 5.32 Å². The van der Waals surface area contributed by atoms with Crippen molar-refractivity contribution in [2.24, 2.45) is 0 Å². The molecular weight excluding hydrogens is 266 g/mol. The Morgan fingerprint density at radius 3 is 3.00 bits per heavy atom. The zero-order chi connectivity index (χ0) is 13.7. The second kappa shape index (κ2) is 6.29. The van der Waals surface area contributed by atoms with Crippen LogP contribution in [0.2, 0.25) is 5.02 Å². The van der Waals surface area contributed by atoms with Crippen molar-refractivity contribution in [3.63, 3.8) is 0 Å². The average molecular weight is 280 g/mol. The van der Waals surface area contributed by atoms with E-state index in [1.165, 1.54) is 6.08 Å². The number of nitrogens with one attached hydrogen (secondary N) is 1. The van der Waals surface area contributed by atoms with Gasteiger partial charge in [-0.1, -0.05) is 17.7 Å². The molecule has 100 valence electrons. The lowest BCUT2D eigenvalue weighted by atomic mass is 10.1. The first-order valence-electron chi connectivity index (χ1n) is 5.86. The topological polar surface area (TPSA) is 47.6 Å². The van der Waals surface area contributed by atoms with Crippen LogP contribution < -0.4 is 14.8 Å². The molecule has 2 rings (SSSR count). The second-order valence-electron chi connectivity index (χ2n) is 3.89. The highest BCUT2D eigenvalue weighted by Gasteiger charge is 2.15. The van der Waals surface area contributed by atoms with E-state index < -0.39 is 0 Å². The zero-order valence-corrected chi connectivity index (χ0v) is 11.1. The number of hydrogen-bond acceptors (Lipinski definition) is 3. The van der Waals surface area contributed by atoms with E-state index in [4.69, 9.17) is 21.1 Å². The van der Waals surface area contributed by atoms with Crippen molar-refractivity contribution >= 4 is 23.6 Å². The maximum absolute atomic E-state index is 11.4. The lowest BCUT2D eigenvalue weighted by Gasteiger charge is -2.19.